The molecule has 14 heavy (non-hydrogen) atoms. The van der Waals surface area contributed by atoms with Crippen LogP contribution in [0.5, 0.6) is 0 Å². The van der Waals surface area contributed by atoms with E-state index in [9.17, 15) is 14.7 Å². The largest absolute Gasteiger partial charge is 0.394 e. The summed E-state index contributed by atoms with van der Waals surface area (Å²) in [6.45, 7) is -1.48. The van der Waals surface area contributed by atoms with Crippen LogP contribution < -0.4 is 0 Å². The summed E-state index contributed by atoms with van der Waals surface area (Å²) in [5.41, 5.74) is 0. The predicted octanol–water partition coefficient (Wildman–Crippen LogP) is -2.39. The first kappa shape index (κ1) is 11.3. The smallest absolute Gasteiger partial charge is 0.200 e. The fourth-order valence-electron chi connectivity index (χ4n) is 0.789. The van der Waals surface area contributed by atoms with Crippen LogP contribution in [-0.2, 0) is 9.59 Å². The van der Waals surface area contributed by atoms with Crippen molar-refractivity contribution in [2.24, 2.45) is 0 Å². The first-order valence-electron chi connectivity index (χ1n) is 4.65. The van der Waals surface area contributed by atoms with Crippen molar-refractivity contribution in [3.8, 4) is 0 Å². The first-order valence-corrected chi connectivity index (χ1v) is 3.94. The van der Waals surface area contributed by atoms with Crippen LogP contribution in [0, 0.1) is 0 Å². The minimum Gasteiger partial charge on any atom is -0.394 e. The molecule has 6 heteroatoms. The lowest BCUT2D eigenvalue weighted by Crippen LogP contribution is -2.41. The van der Waals surface area contributed by atoms with Gasteiger partial charge in [0.25, 0.3) is 0 Å². The summed E-state index contributed by atoms with van der Waals surface area (Å²) in [4.78, 5) is 21.6. The van der Waals surface area contributed by atoms with Gasteiger partial charge >= 0.3 is 0 Å². The zero-order chi connectivity index (χ0) is 12.0. The number of ketones is 2. The van der Waals surface area contributed by atoms with Gasteiger partial charge < -0.3 is 20.4 Å². The van der Waals surface area contributed by atoms with E-state index in [1.54, 1.807) is 0 Å². The fourth-order valence-corrected chi connectivity index (χ4v) is 0.789. The van der Waals surface area contributed by atoms with Crippen LogP contribution in [-0.4, -0.2) is 56.9 Å². The Bertz CT molecular complexity index is 231. The van der Waals surface area contributed by atoms with Crippen LogP contribution in [0.1, 0.15) is 14.7 Å². The topological polar surface area (TPSA) is 115 Å². The Labute approximate surface area is 82.2 Å². The Hall–Kier alpha value is -0.820. The summed E-state index contributed by atoms with van der Waals surface area (Å²) < 4.78 is 6.61. The molecular weight excluding hydrogens is 192 g/mol. The zero-order valence-electron chi connectivity index (χ0n) is 8.46. The second-order valence-corrected chi connectivity index (χ2v) is 2.86. The Morgan fingerprint density at radius 2 is 1.86 bits per heavy atom. The van der Waals surface area contributed by atoms with Gasteiger partial charge in [0.1, 0.15) is 12.2 Å². The molecule has 0 aromatic rings. The van der Waals surface area contributed by atoms with Crippen LogP contribution in [0.4, 0.5) is 0 Å². The number of hydrogen-bond donors (Lipinski definition) is 4. The molecule has 0 rings (SSSR count). The summed E-state index contributed by atoms with van der Waals surface area (Å²) in [6.07, 6.45) is -5.57. The Balaban J connectivity index is 4.18. The van der Waals surface area contributed by atoms with E-state index in [0.717, 1.165) is 0 Å². The van der Waals surface area contributed by atoms with Gasteiger partial charge in [-0.25, -0.2) is 0 Å². The van der Waals surface area contributed by atoms with E-state index in [2.05, 4.69) is 0 Å². The van der Waals surface area contributed by atoms with E-state index in [4.69, 9.17) is 16.7 Å². The van der Waals surface area contributed by atoms with E-state index in [-0.39, 0.29) is 0 Å². The molecule has 4 N–H and O–H groups in total. The average molecular weight is 207 g/mol. The minimum absolute atomic E-state index is 0.671. The monoisotopic (exact) mass is 207 g/mol. The Kier molecular flexibility index (Phi) is 4.68. The second-order valence-electron chi connectivity index (χ2n) is 2.86. The molecule has 0 unspecified atom stereocenters. The highest BCUT2D eigenvalue weighted by Crippen LogP contribution is 2.04. The molecule has 0 saturated carbocycles. The summed E-state index contributed by atoms with van der Waals surface area (Å²) >= 11 is 0. The van der Waals surface area contributed by atoms with E-state index in [0.29, 0.717) is 0 Å². The van der Waals surface area contributed by atoms with Crippen molar-refractivity contribution in [1.29, 1.82) is 0 Å². The molecule has 0 radical (unpaired) electrons. The van der Waals surface area contributed by atoms with Crippen LogP contribution in [0.3, 0.4) is 0 Å². The van der Waals surface area contributed by atoms with E-state index in [1.807, 2.05) is 0 Å². The van der Waals surface area contributed by atoms with Crippen LogP contribution in [0.2, 0.25) is 0 Å². The van der Waals surface area contributed by atoms with Crippen LogP contribution in [0.25, 0.3) is 0 Å². The van der Waals surface area contributed by atoms with Gasteiger partial charge in [-0.1, -0.05) is 0 Å². The quantitative estimate of drug-likeness (QED) is 0.361. The van der Waals surface area contributed by atoms with Gasteiger partial charge in [0, 0.05) is 14.7 Å². The van der Waals surface area contributed by atoms with Gasteiger partial charge in [0.2, 0.25) is 5.78 Å². The molecule has 3 atom stereocenters. The van der Waals surface area contributed by atoms with Crippen molar-refractivity contribution in [2.75, 3.05) is 6.61 Å². The number of rotatable bonds is 6. The van der Waals surface area contributed by atoms with E-state index in [1.165, 1.54) is 0 Å². The molecule has 0 aromatic heterocycles. The third-order valence-electron chi connectivity index (χ3n) is 1.68. The zero-order valence-corrected chi connectivity index (χ0v) is 7.46. The predicted molar refractivity (Wildman–Crippen MR) is 45.4 cm³/mol. The molecule has 0 saturated heterocycles. The molecule has 0 fully saturated rings. The average Bonchev–Trinajstić information content (AvgIpc) is 2.25. The summed E-state index contributed by atoms with van der Waals surface area (Å²) in [5, 5.41) is 35.7. The Morgan fingerprint density at radius 3 is 2.29 bits per heavy atom. The second kappa shape index (κ2) is 5.82. The van der Waals surface area contributed by atoms with Gasteiger partial charge in [-0.05, 0) is 0 Å². The minimum atomic E-state index is -1.70. The molecular formula is C8H14O6. The first-order chi connectivity index (χ1) is 6.93. The molecule has 6 nitrogen and oxygen atoms in total. The number of aliphatic hydroxyl groups excluding tert-OH is 4. The highest BCUT2D eigenvalue weighted by atomic mass is 16.4. The highest BCUT2D eigenvalue weighted by molar-refractivity contribution is 6.36. The van der Waals surface area contributed by atoms with Crippen molar-refractivity contribution in [3.63, 3.8) is 0 Å². The Morgan fingerprint density at radius 1 is 1.29 bits per heavy atom. The van der Waals surface area contributed by atoms with Crippen molar-refractivity contribution >= 4 is 11.6 Å². The normalized spacial score (nSPS) is 18.1. The SMILES string of the molecule is [2H]CC(=O)C(=O)C[C@@H](O)[C@H](O)[C@H](O)CO. The number of aliphatic hydroxyl groups is 4. The van der Waals surface area contributed by atoms with Gasteiger partial charge in [0.15, 0.2) is 5.78 Å². The van der Waals surface area contributed by atoms with Gasteiger partial charge in [-0.3, -0.25) is 9.59 Å². The molecule has 0 heterocycles. The maximum Gasteiger partial charge on any atom is 0.200 e. The van der Waals surface area contributed by atoms with E-state index >= 15 is 0 Å². The third-order valence-corrected chi connectivity index (χ3v) is 1.68. The number of Topliss-reactive ketones (excluding diaryl/α,β-unsaturated/α-hetero) is 2. The standard InChI is InChI=1S/C8H14O6/c1-4(10)5(11)2-6(12)8(14)7(13)3-9/h6-9,12-14H,2-3H2,1H3/t6-,7-,8+/m1/s1/i1D. The van der Waals surface area contributed by atoms with E-state index < -0.39 is 49.8 Å². The lowest BCUT2D eigenvalue weighted by atomic mass is 10.0. The molecule has 0 amide bonds. The van der Waals surface area contributed by atoms with Crippen molar-refractivity contribution in [1.82, 2.24) is 0 Å². The summed E-state index contributed by atoms with van der Waals surface area (Å²) in [5.74, 6) is -1.96. The van der Waals surface area contributed by atoms with Crippen LogP contribution >= 0.6 is 0 Å². The van der Waals surface area contributed by atoms with Crippen LogP contribution in [0.15, 0.2) is 0 Å². The maximum absolute atomic E-state index is 10.9. The molecule has 0 aliphatic heterocycles. The lowest BCUT2D eigenvalue weighted by Gasteiger charge is -2.20. The number of hydrogen-bond acceptors (Lipinski definition) is 6. The molecule has 82 valence electrons. The molecule has 0 spiro atoms. The molecule has 0 aromatic carbocycles. The molecule has 0 bridgehead atoms. The molecule has 0 aliphatic rings. The summed E-state index contributed by atoms with van der Waals surface area (Å²) in [7, 11) is 0. The number of carbonyl (C=O) groups excluding carboxylic acids is 2. The van der Waals surface area contributed by atoms with Gasteiger partial charge in [-0.2, -0.15) is 0 Å². The fraction of sp³-hybridized carbons (Fsp3) is 0.750. The van der Waals surface area contributed by atoms with Gasteiger partial charge in [0.05, 0.1) is 12.7 Å². The van der Waals surface area contributed by atoms with Crippen molar-refractivity contribution in [3.05, 3.63) is 0 Å². The maximum atomic E-state index is 10.9. The number of carbonyl (C=O) groups is 2. The van der Waals surface area contributed by atoms with Gasteiger partial charge in [-0.15, -0.1) is 0 Å². The molecule has 0 aliphatic carbocycles. The van der Waals surface area contributed by atoms with Crippen molar-refractivity contribution in [2.45, 2.75) is 31.6 Å². The highest BCUT2D eigenvalue weighted by Gasteiger charge is 2.26. The third kappa shape index (κ3) is 3.93. The lowest BCUT2D eigenvalue weighted by molar-refractivity contribution is -0.139. The van der Waals surface area contributed by atoms with Crippen molar-refractivity contribution < 1.29 is 31.4 Å². The summed E-state index contributed by atoms with van der Waals surface area (Å²) in [6, 6.07) is 0.